The third kappa shape index (κ3) is 6.77. The van der Waals surface area contributed by atoms with Gasteiger partial charge >= 0.3 is 0 Å². The van der Waals surface area contributed by atoms with Crippen LogP contribution in [-0.4, -0.2) is 24.1 Å². The molecular weight excluding hydrogens is 325 g/mol. The van der Waals surface area contributed by atoms with E-state index in [2.05, 4.69) is 42.0 Å². The maximum Gasteiger partial charge on any atom is 0.123 e. The molecule has 19 heavy (non-hydrogen) atoms. The Hall–Kier alpha value is -0.0600. The maximum absolute atomic E-state index is 13.3. The quantitative estimate of drug-likeness (QED) is 0.742. The van der Waals surface area contributed by atoms with Gasteiger partial charge in [-0.2, -0.15) is 11.8 Å². The Morgan fingerprint density at radius 3 is 2.68 bits per heavy atom. The Bertz CT molecular complexity index is 384. The molecule has 108 valence electrons. The molecule has 1 N–H and O–H groups in total. The van der Waals surface area contributed by atoms with E-state index in [0.717, 1.165) is 28.8 Å². The van der Waals surface area contributed by atoms with Crippen molar-refractivity contribution in [1.29, 1.82) is 0 Å². The number of nitrogens with one attached hydrogen (secondary N) is 1. The van der Waals surface area contributed by atoms with Gasteiger partial charge < -0.3 is 5.32 Å². The van der Waals surface area contributed by atoms with E-state index in [-0.39, 0.29) is 5.82 Å². The van der Waals surface area contributed by atoms with Crippen molar-refractivity contribution in [3.05, 3.63) is 34.1 Å². The third-order valence-corrected chi connectivity index (χ3v) is 5.05. The van der Waals surface area contributed by atoms with Gasteiger partial charge in [-0.05, 0) is 48.4 Å². The minimum Gasteiger partial charge on any atom is -0.313 e. The Morgan fingerprint density at radius 2 is 2.05 bits per heavy atom. The van der Waals surface area contributed by atoms with Crippen molar-refractivity contribution in [3.8, 4) is 0 Å². The summed E-state index contributed by atoms with van der Waals surface area (Å²) in [6.07, 6.45) is 0.858. The first kappa shape index (κ1) is 17.0. The van der Waals surface area contributed by atoms with Crippen LogP contribution in [-0.2, 0) is 6.42 Å². The molecule has 1 atom stereocenters. The topological polar surface area (TPSA) is 12.0 Å². The fraction of sp³-hybridized carbons (Fsp3) is 0.600. The van der Waals surface area contributed by atoms with Crippen LogP contribution in [0.1, 0.15) is 26.3 Å². The summed E-state index contributed by atoms with van der Waals surface area (Å²) in [6, 6.07) is 5.30. The number of rotatable bonds is 8. The van der Waals surface area contributed by atoms with Crippen molar-refractivity contribution in [2.45, 2.75) is 33.2 Å². The molecule has 0 aromatic heterocycles. The van der Waals surface area contributed by atoms with E-state index >= 15 is 0 Å². The zero-order valence-electron chi connectivity index (χ0n) is 11.9. The standard InChI is InChI=1S/C15H23BrFNS/c1-4-18-14(10-19-9-11(2)3)8-12-7-13(17)5-6-15(12)16/h5-7,11,14,18H,4,8-10H2,1-3H3. The van der Waals surface area contributed by atoms with Gasteiger partial charge in [0.05, 0.1) is 0 Å². The molecule has 0 aliphatic heterocycles. The number of halogens is 2. The highest BCUT2D eigenvalue weighted by molar-refractivity contribution is 9.10. The van der Waals surface area contributed by atoms with E-state index in [1.807, 2.05) is 11.8 Å². The van der Waals surface area contributed by atoms with Crippen molar-refractivity contribution in [1.82, 2.24) is 5.32 Å². The van der Waals surface area contributed by atoms with Crippen LogP contribution in [0.2, 0.25) is 0 Å². The largest absolute Gasteiger partial charge is 0.313 e. The second kappa shape index (κ2) is 8.98. The fourth-order valence-electron chi connectivity index (χ4n) is 1.89. The molecule has 1 aromatic carbocycles. The molecule has 0 saturated carbocycles. The molecule has 0 radical (unpaired) electrons. The van der Waals surface area contributed by atoms with Crippen LogP contribution in [0.4, 0.5) is 4.39 Å². The first-order chi connectivity index (χ1) is 9.02. The number of thioether (sulfide) groups is 1. The van der Waals surface area contributed by atoms with Crippen LogP contribution in [0.15, 0.2) is 22.7 Å². The summed E-state index contributed by atoms with van der Waals surface area (Å²) < 4.78 is 14.3. The van der Waals surface area contributed by atoms with Crippen molar-refractivity contribution < 1.29 is 4.39 Å². The lowest BCUT2D eigenvalue weighted by Gasteiger charge is -2.19. The van der Waals surface area contributed by atoms with Gasteiger partial charge in [-0.15, -0.1) is 0 Å². The van der Waals surface area contributed by atoms with Crippen LogP contribution in [0.5, 0.6) is 0 Å². The number of hydrogen-bond acceptors (Lipinski definition) is 2. The molecule has 0 aliphatic rings. The fourth-order valence-corrected chi connectivity index (χ4v) is 3.43. The molecule has 1 unspecified atom stereocenters. The van der Waals surface area contributed by atoms with E-state index in [1.165, 1.54) is 11.8 Å². The number of benzene rings is 1. The predicted molar refractivity (Wildman–Crippen MR) is 87.4 cm³/mol. The van der Waals surface area contributed by atoms with Crippen molar-refractivity contribution in [3.63, 3.8) is 0 Å². The van der Waals surface area contributed by atoms with Crippen LogP contribution >= 0.6 is 27.7 Å². The Labute approximate surface area is 128 Å². The molecule has 0 saturated heterocycles. The molecule has 0 bridgehead atoms. The van der Waals surface area contributed by atoms with E-state index in [9.17, 15) is 4.39 Å². The molecular formula is C15H23BrFNS. The van der Waals surface area contributed by atoms with E-state index in [1.54, 1.807) is 12.1 Å². The van der Waals surface area contributed by atoms with Gasteiger partial charge in [0.1, 0.15) is 5.82 Å². The van der Waals surface area contributed by atoms with Gasteiger partial charge in [0.25, 0.3) is 0 Å². The average Bonchev–Trinajstić information content (AvgIpc) is 2.33. The van der Waals surface area contributed by atoms with Gasteiger partial charge in [0.2, 0.25) is 0 Å². The molecule has 0 fully saturated rings. The number of likely N-dealkylation sites (N-methyl/N-ethyl adjacent to an activating group) is 1. The van der Waals surface area contributed by atoms with Crippen molar-refractivity contribution in [2.24, 2.45) is 5.92 Å². The first-order valence-corrected chi connectivity index (χ1v) is 8.72. The molecule has 0 heterocycles. The smallest absolute Gasteiger partial charge is 0.123 e. The number of hydrogen-bond donors (Lipinski definition) is 1. The summed E-state index contributed by atoms with van der Waals surface area (Å²) in [7, 11) is 0. The normalized spacial score (nSPS) is 12.9. The highest BCUT2D eigenvalue weighted by atomic mass is 79.9. The average molecular weight is 348 g/mol. The first-order valence-electron chi connectivity index (χ1n) is 6.78. The maximum atomic E-state index is 13.3. The molecule has 4 heteroatoms. The Morgan fingerprint density at radius 1 is 1.32 bits per heavy atom. The van der Waals surface area contributed by atoms with Crippen molar-refractivity contribution in [2.75, 3.05) is 18.1 Å². The summed E-state index contributed by atoms with van der Waals surface area (Å²) in [5.74, 6) is 2.79. The lowest BCUT2D eigenvalue weighted by Crippen LogP contribution is -2.33. The van der Waals surface area contributed by atoms with E-state index in [4.69, 9.17) is 0 Å². The van der Waals surface area contributed by atoms with Crippen molar-refractivity contribution >= 4 is 27.7 Å². The molecule has 1 rings (SSSR count). The minimum atomic E-state index is -0.164. The van der Waals surface area contributed by atoms with Crippen LogP contribution in [0, 0.1) is 11.7 Å². The summed E-state index contributed by atoms with van der Waals surface area (Å²) in [5.41, 5.74) is 1.04. The predicted octanol–water partition coefficient (Wildman–Crippen LogP) is 4.50. The lowest BCUT2D eigenvalue weighted by atomic mass is 10.1. The lowest BCUT2D eigenvalue weighted by molar-refractivity contribution is 0.566. The molecule has 1 nitrogen and oxygen atoms in total. The zero-order valence-corrected chi connectivity index (χ0v) is 14.3. The molecule has 0 aliphatic carbocycles. The summed E-state index contributed by atoms with van der Waals surface area (Å²) in [5, 5.41) is 3.49. The summed E-state index contributed by atoms with van der Waals surface area (Å²) in [4.78, 5) is 0. The SMILES string of the molecule is CCNC(CSCC(C)C)Cc1cc(F)ccc1Br. The summed E-state index contributed by atoms with van der Waals surface area (Å²) in [6.45, 7) is 7.53. The summed E-state index contributed by atoms with van der Waals surface area (Å²) >= 11 is 5.47. The highest BCUT2D eigenvalue weighted by Gasteiger charge is 2.12. The van der Waals surface area contributed by atoms with E-state index < -0.39 is 0 Å². The Balaban J connectivity index is 2.58. The van der Waals surface area contributed by atoms with Gasteiger partial charge in [-0.25, -0.2) is 4.39 Å². The second-order valence-corrected chi connectivity index (χ2v) is 7.06. The third-order valence-electron chi connectivity index (χ3n) is 2.74. The van der Waals surface area contributed by atoms with Crippen LogP contribution < -0.4 is 5.32 Å². The molecule has 0 amide bonds. The zero-order chi connectivity index (χ0) is 14.3. The highest BCUT2D eigenvalue weighted by Crippen LogP contribution is 2.21. The second-order valence-electron chi connectivity index (χ2n) is 5.13. The van der Waals surface area contributed by atoms with Gasteiger partial charge in [0.15, 0.2) is 0 Å². The van der Waals surface area contributed by atoms with Crippen LogP contribution in [0.3, 0.4) is 0 Å². The van der Waals surface area contributed by atoms with Gasteiger partial charge in [-0.1, -0.05) is 36.7 Å². The van der Waals surface area contributed by atoms with E-state index in [0.29, 0.717) is 12.0 Å². The van der Waals surface area contributed by atoms with Crippen LogP contribution in [0.25, 0.3) is 0 Å². The molecule has 0 spiro atoms. The van der Waals surface area contributed by atoms with Gasteiger partial charge in [-0.3, -0.25) is 0 Å². The monoisotopic (exact) mass is 347 g/mol. The Kier molecular flexibility index (Phi) is 8.03. The minimum absolute atomic E-state index is 0.164. The molecule has 1 aromatic rings. The van der Waals surface area contributed by atoms with Gasteiger partial charge in [0, 0.05) is 16.3 Å².